The average molecular weight is 355 g/mol. The van der Waals surface area contributed by atoms with Crippen LogP contribution >= 0.6 is 0 Å². The van der Waals surface area contributed by atoms with Crippen LogP contribution in [0.4, 0.5) is 4.79 Å². The van der Waals surface area contributed by atoms with Crippen LogP contribution in [0.25, 0.3) is 0 Å². The van der Waals surface area contributed by atoms with Crippen molar-refractivity contribution in [3.63, 3.8) is 0 Å². The van der Waals surface area contributed by atoms with Crippen LogP contribution < -0.4 is 16.0 Å². The van der Waals surface area contributed by atoms with E-state index < -0.39 is 0 Å². The van der Waals surface area contributed by atoms with E-state index in [9.17, 15) is 9.59 Å². The molecule has 0 aromatic carbocycles. The second-order valence-electron chi connectivity index (χ2n) is 6.31. The van der Waals surface area contributed by atoms with Gasteiger partial charge in [0, 0.05) is 38.1 Å². The fourth-order valence-corrected chi connectivity index (χ4v) is 2.49. The van der Waals surface area contributed by atoms with E-state index in [1.165, 1.54) is 0 Å². The molecule has 0 unspecified atom stereocenters. The Morgan fingerprint density at radius 1 is 1.20 bits per heavy atom. The first-order valence-electron chi connectivity index (χ1n) is 9.22. The Hall–Kier alpha value is -1.99. The maximum atomic E-state index is 11.7. The third-order valence-electron chi connectivity index (χ3n) is 3.91. The van der Waals surface area contributed by atoms with E-state index in [1.54, 1.807) is 4.90 Å². The summed E-state index contributed by atoms with van der Waals surface area (Å²) in [4.78, 5) is 29.5. The number of piperidine rings is 1. The smallest absolute Gasteiger partial charge is 0.409 e. The van der Waals surface area contributed by atoms with E-state index in [4.69, 9.17) is 4.74 Å². The number of rotatable bonds is 7. The van der Waals surface area contributed by atoms with Gasteiger partial charge in [-0.2, -0.15) is 0 Å². The summed E-state index contributed by atoms with van der Waals surface area (Å²) >= 11 is 0. The molecule has 0 atom stereocenters. The summed E-state index contributed by atoms with van der Waals surface area (Å²) in [6, 6.07) is 0.272. The zero-order valence-electron chi connectivity index (χ0n) is 15.9. The number of guanidine groups is 1. The minimum atomic E-state index is -0.234. The first-order valence-corrected chi connectivity index (χ1v) is 9.22. The largest absolute Gasteiger partial charge is 0.450 e. The van der Waals surface area contributed by atoms with Gasteiger partial charge in [0.15, 0.2) is 5.96 Å². The molecule has 0 aliphatic carbocycles. The molecule has 0 radical (unpaired) electrons. The summed E-state index contributed by atoms with van der Waals surface area (Å²) in [5, 5.41) is 9.48. The second-order valence-corrected chi connectivity index (χ2v) is 6.31. The molecule has 8 nitrogen and oxygen atoms in total. The van der Waals surface area contributed by atoms with Gasteiger partial charge in [-0.3, -0.25) is 9.79 Å². The SMILES string of the molecule is CCNC(=NCCNC(=O)C(C)C)NC1CCN(C(=O)OCC)CC1. The number of nitrogens with one attached hydrogen (secondary N) is 3. The molecule has 0 aromatic heterocycles. The predicted molar refractivity (Wildman–Crippen MR) is 98.6 cm³/mol. The molecular formula is C17H33N5O3. The van der Waals surface area contributed by atoms with Crippen molar-refractivity contribution >= 4 is 18.0 Å². The molecule has 1 saturated heterocycles. The Morgan fingerprint density at radius 2 is 1.88 bits per heavy atom. The first-order chi connectivity index (χ1) is 12.0. The standard InChI is InChI=1S/C17H33N5O3/c1-5-18-16(20-10-9-19-15(23)13(3)4)21-14-7-11-22(12-8-14)17(24)25-6-2/h13-14H,5-12H2,1-4H3,(H,19,23)(H2,18,20,21). The number of ether oxygens (including phenoxy) is 1. The fraction of sp³-hybridized carbons (Fsp3) is 0.824. The Bertz CT molecular complexity index is 446. The lowest BCUT2D eigenvalue weighted by molar-refractivity contribution is -0.123. The summed E-state index contributed by atoms with van der Waals surface area (Å²) < 4.78 is 5.03. The van der Waals surface area contributed by atoms with E-state index in [-0.39, 0.29) is 24.0 Å². The van der Waals surface area contributed by atoms with Crippen LogP contribution in [-0.4, -0.2) is 68.2 Å². The van der Waals surface area contributed by atoms with Crippen LogP contribution in [0.2, 0.25) is 0 Å². The molecule has 3 N–H and O–H groups in total. The molecule has 1 rings (SSSR count). The molecule has 1 aliphatic rings. The third kappa shape index (κ3) is 8.09. The Kier molecular flexibility index (Phi) is 9.72. The van der Waals surface area contributed by atoms with Gasteiger partial charge in [-0.05, 0) is 26.7 Å². The summed E-state index contributed by atoms with van der Waals surface area (Å²) in [5.74, 6) is 0.773. The molecule has 25 heavy (non-hydrogen) atoms. The number of carbonyl (C=O) groups excluding carboxylic acids is 2. The Balaban J connectivity index is 2.38. The minimum Gasteiger partial charge on any atom is -0.450 e. The molecule has 8 heteroatoms. The summed E-state index contributed by atoms with van der Waals surface area (Å²) in [6.07, 6.45) is 1.48. The van der Waals surface area contributed by atoms with E-state index in [2.05, 4.69) is 20.9 Å². The van der Waals surface area contributed by atoms with Crippen LogP contribution in [0.5, 0.6) is 0 Å². The number of hydrogen-bond acceptors (Lipinski definition) is 4. The number of likely N-dealkylation sites (tertiary alicyclic amines) is 1. The number of hydrogen-bond donors (Lipinski definition) is 3. The van der Waals surface area contributed by atoms with E-state index >= 15 is 0 Å². The maximum Gasteiger partial charge on any atom is 0.409 e. The molecule has 0 aromatic rings. The number of carbonyl (C=O) groups is 2. The predicted octanol–water partition coefficient (Wildman–Crippen LogP) is 0.935. The van der Waals surface area contributed by atoms with Gasteiger partial charge < -0.3 is 25.6 Å². The highest BCUT2D eigenvalue weighted by atomic mass is 16.6. The van der Waals surface area contributed by atoms with Crippen LogP contribution in [0.1, 0.15) is 40.5 Å². The zero-order chi connectivity index (χ0) is 18.7. The van der Waals surface area contributed by atoms with Gasteiger partial charge in [-0.1, -0.05) is 13.8 Å². The molecule has 144 valence electrons. The highest BCUT2D eigenvalue weighted by molar-refractivity contribution is 5.80. The van der Waals surface area contributed by atoms with Crippen molar-refractivity contribution in [2.24, 2.45) is 10.9 Å². The summed E-state index contributed by atoms with van der Waals surface area (Å²) in [5.41, 5.74) is 0. The zero-order valence-corrected chi connectivity index (χ0v) is 15.9. The van der Waals surface area contributed by atoms with Gasteiger partial charge in [-0.25, -0.2) is 4.79 Å². The lowest BCUT2D eigenvalue weighted by Gasteiger charge is -2.32. The minimum absolute atomic E-state index is 0.0140. The van der Waals surface area contributed by atoms with Gasteiger partial charge in [0.05, 0.1) is 13.2 Å². The van der Waals surface area contributed by atoms with E-state index in [0.717, 1.165) is 25.3 Å². The van der Waals surface area contributed by atoms with Crippen molar-refractivity contribution in [1.29, 1.82) is 0 Å². The van der Waals surface area contributed by atoms with Crippen molar-refractivity contribution < 1.29 is 14.3 Å². The lowest BCUT2D eigenvalue weighted by Crippen LogP contribution is -2.50. The molecule has 2 amide bonds. The van der Waals surface area contributed by atoms with Gasteiger partial charge in [-0.15, -0.1) is 0 Å². The highest BCUT2D eigenvalue weighted by Crippen LogP contribution is 2.11. The molecule has 0 spiro atoms. The fourth-order valence-electron chi connectivity index (χ4n) is 2.49. The van der Waals surface area contributed by atoms with Crippen molar-refractivity contribution in [2.45, 2.75) is 46.6 Å². The topological polar surface area (TPSA) is 95.1 Å². The Labute approximate surface area is 150 Å². The van der Waals surface area contributed by atoms with Crippen molar-refractivity contribution in [2.75, 3.05) is 39.3 Å². The van der Waals surface area contributed by atoms with Crippen molar-refractivity contribution in [1.82, 2.24) is 20.9 Å². The summed E-state index contributed by atoms with van der Waals surface area (Å²) in [6.45, 7) is 11.1. The number of aliphatic imine (C=N–C) groups is 1. The van der Waals surface area contributed by atoms with E-state index in [1.807, 2.05) is 27.7 Å². The third-order valence-corrected chi connectivity index (χ3v) is 3.91. The van der Waals surface area contributed by atoms with Gasteiger partial charge in [0.1, 0.15) is 0 Å². The second kappa shape index (κ2) is 11.5. The molecule has 1 fully saturated rings. The average Bonchev–Trinajstić information content (AvgIpc) is 2.59. The molecule has 1 heterocycles. The Morgan fingerprint density at radius 3 is 2.44 bits per heavy atom. The van der Waals surface area contributed by atoms with Gasteiger partial charge in [0.2, 0.25) is 5.91 Å². The van der Waals surface area contributed by atoms with Gasteiger partial charge in [0.25, 0.3) is 0 Å². The highest BCUT2D eigenvalue weighted by Gasteiger charge is 2.23. The molecule has 0 saturated carbocycles. The van der Waals surface area contributed by atoms with E-state index in [0.29, 0.717) is 32.8 Å². The summed E-state index contributed by atoms with van der Waals surface area (Å²) in [7, 11) is 0. The number of amides is 2. The molecular weight excluding hydrogens is 322 g/mol. The lowest BCUT2D eigenvalue weighted by atomic mass is 10.1. The van der Waals surface area contributed by atoms with Crippen LogP contribution in [0.15, 0.2) is 4.99 Å². The quantitative estimate of drug-likeness (QED) is 0.359. The van der Waals surface area contributed by atoms with Crippen LogP contribution in [0, 0.1) is 5.92 Å². The maximum absolute atomic E-state index is 11.7. The first kappa shape index (κ1) is 21.1. The van der Waals surface area contributed by atoms with Gasteiger partial charge >= 0.3 is 6.09 Å². The molecule has 1 aliphatic heterocycles. The van der Waals surface area contributed by atoms with Crippen molar-refractivity contribution in [3.8, 4) is 0 Å². The monoisotopic (exact) mass is 355 g/mol. The van der Waals surface area contributed by atoms with Crippen LogP contribution in [0.3, 0.4) is 0 Å². The number of nitrogens with zero attached hydrogens (tertiary/aromatic N) is 2. The van der Waals surface area contributed by atoms with Crippen LogP contribution in [-0.2, 0) is 9.53 Å². The normalized spacial score (nSPS) is 15.9. The van der Waals surface area contributed by atoms with Crippen molar-refractivity contribution in [3.05, 3.63) is 0 Å². The molecule has 0 bridgehead atoms.